The molecule has 0 unspecified atom stereocenters. The van der Waals surface area contributed by atoms with E-state index in [1.54, 1.807) is 43.5 Å². The molecule has 4 fully saturated rings. The molecule has 8 rings (SSSR count). The van der Waals surface area contributed by atoms with Gasteiger partial charge in [0.1, 0.15) is 23.0 Å². The van der Waals surface area contributed by atoms with Crippen LogP contribution in [0.3, 0.4) is 0 Å². The SMILES string of the molecule is COc1ccc([C@@]23C(=O)N(Nc4ccc(Cl)cc4Cl)C(=O)[C@@H]2C[C@@H]2C(=CC[C@@H]4C(=O)N(C5CCCCC5)C(=O)[C@@H]42)[C@@H]3c2c(OC)cc(O)cc2OC)cc1. The summed E-state index contributed by atoms with van der Waals surface area (Å²) in [6, 6.07) is 14.5. The number of carbonyl (C=O) groups excluding carboxylic acids is 4. The van der Waals surface area contributed by atoms with Gasteiger partial charge in [-0.2, -0.15) is 5.01 Å². The lowest BCUT2D eigenvalue weighted by molar-refractivity contribution is -0.144. The number of hydrogen-bond donors (Lipinski definition) is 2. The number of ether oxygens (including phenoxy) is 3. The molecular weight excluding hydrogens is 733 g/mol. The van der Waals surface area contributed by atoms with E-state index in [0.29, 0.717) is 27.6 Å². The second-order valence-corrected chi connectivity index (χ2v) is 15.7. The number of fused-ring (bicyclic) bond motifs is 4. The zero-order valence-electron chi connectivity index (χ0n) is 30.1. The minimum Gasteiger partial charge on any atom is -0.508 e. The summed E-state index contributed by atoms with van der Waals surface area (Å²) in [6.45, 7) is 0. The monoisotopic (exact) mass is 773 g/mol. The van der Waals surface area contributed by atoms with E-state index in [0.717, 1.165) is 42.7 Å². The van der Waals surface area contributed by atoms with Gasteiger partial charge in [-0.05, 0) is 67.5 Å². The largest absolute Gasteiger partial charge is 0.508 e. The zero-order chi connectivity index (χ0) is 38.1. The number of allylic oxidation sites excluding steroid dienone is 2. The van der Waals surface area contributed by atoms with E-state index in [1.165, 1.54) is 37.3 Å². The Labute approximate surface area is 323 Å². The molecule has 0 radical (unpaired) electrons. The average Bonchev–Trinajstić information content (AvgIpc) is 3.56. The van der Waals surface area contributed by atoms with Crippen molar-refractivity contribution in [3.8, 4) is 23.0 Å². The molecule has 2 saturated carbocycles. The van der Waals surface area contributed by atoms with Crippen LogP contribution >= 0.6 is 23.2 Å². The van der Waals surface area contributed by atoms with Gasteiger partial charge in [-0.25, -0.2) is 0 Å². The van der Waals surface area contributed by atoms with Crippen LogP contribution in [0.1, 0.15) is 62.0 Å². The molecule has 2 N–H and O–H groups in total. The fraction of sp³-hybridized carbons (Fsp3) is 0.415. The maximum atomic E-state index is 15.6. The molecule has 3 aromatic rings. The Kier molecular flexibility index (Phi) is 9.29. The first-order chi connectivity index (χ1) is 26.0. The fourth-order valence-corrected chi connectivity index (χ4v) is 10.5. The number of carbonyl (C=O) groups is 4. The van der Waals surface area contributed by atoms with E-state index in [4.69, 9.17) is 37.4 Å². The maximum Gasteiger partial charge on any atom is 0.260 e. The third kappa shape index (κ3) is 5.37. The minimum absolute atomic E-state index is 0.118. The third-order valence-corrected chi connectivity index (χ3v) is 12.9. The van der Waals surface area contributed by atoms with Gasteiger partial charge in [0.15, 0.2) is 0 Å². The number of nitrogens with one attached hydrogen (secondary N) is 1. The Morgan fingerprint density at radius 2 is 1.50 bits per heavy atom. The average molecular weight is 775 g/mol. The highest BCUT2D eigenvalue weighted by Gasteiger charge is 2.71. The van der Waals surface area contributed by atoms with Crippen molar-refractivity contribution in [1.29, 1.82) is 0 Å². The number of benzene rings is 3. The number of halogens is 2. The standard InChI is InChI=1S/C41H41Cl2N3O8/c1-52-25-12-9-21(10-13-25)41-29(38(49)46(40(41)51)44-31-16-11-22(42)17-30(31)43)20-28-26(36(41)35-32(53-2)18-24(47)19-33(35)54-3)14-15-27-34(28)39(50)45(37(27)48)23-7-5-4-6-8-23/h9-14,16-19,23,27-29,34,36,44,47H,4-8,15,20H2,1-3H3/t27-,28+,29-,34-,36+,41+/m0/s1. The Morgan fingerprint density at radius 1 is 0.815 bits per heavy atom. The van der Waals surface area contributed by atoms with E-state index in [-0.39, 0.29) is 53.0 Å². The summed E-state index contributed by atoms with van der Waals surface area (Å²) >= 11 is 12.8. The highest BCUT2D eigenvalue weighted by molar-refractivity contribution is 6.36. The Bertz CT molecular complexity index is 2060. The smallest absolute Gasteiger partial charge is 0.260 e. The minimum atomic E-state index is -1.63. The molecule has 3 aliphatic carbocycles. The molecule has 0 spiro atoms. The maximum absolute atomic E-state index is 15.6. The van der Waals surface area contributed by atoms with Gasteiger partial charge in [-0.1, -0.05) is 66.2 Å². The molecule has 6 atom stereocenters. The van der Waals surface area contributed by atoms with Crippen molar-refractivity contribution in [3.63, 3.8) is 0 Å². The predicted molar refractivity (Wildman–Crippen MR) is 201 cm³/mol. The number of phenolic OH excluding ortho intramolecular Hbond substituents is 1. The summed E-state index contributed by atoms with van der Waals surface area (Å²) in [5.41, 5.74) is 3.37. The van der Waals surface area contributed by atoms with Crippen LogP contribution in [-0.4, -0.2) is 66.0 Å². The molecule has 11 nitrogen and oxygen atoms in total. The molecule has 3 aromatic carbocycles. The summed E-state index contributed by atoms with van der Waals surface area (Å²) in [7, 11) is 4.46. The van der Waals surface area contributed by atoms with Crippen molar-refractivity contribution in [2.45, 2.75) is 62.3 Å². The Balaban J connectivity index is 1.37. The molecular formula is C41H41Cl2N3O8. The molecule has 0 aromatic heterocycles. The van der Waals surface area contributed by atoms with Crippen molar-refractivity contribution >= 4 is 52.5 Å². The number of phenols is 1. The highest BCUT2D eigenvalue weighted by atomic mass is 35.5. The second kappa shape index (κ2) is 13.8. The topological polar surface area (TPSA) is 135 Å². The van der Waals surface area contributed by atoms with Gasteiger partial charge in [-0.3, -0.25) is 29.5 Å². The summed E-state index contributed by atoms with van der Waals surface area (Å²) in [5, 5.41) is 12.4. The summed E-state index contributed by atoms with van der Waals surface area (Å²) < 4.78 is 17.4. The normalized spacial score (nSPS) is 28.0. The fourth-order valence-electron chi connectivity index (χ4n) is 10.1. The van der Waals surface area contributed by atoms with Crippen LogP contribution < -0.4 is 19.6 Å². The number of rotatable bonds is 8. The number of anilines is 1. The number of aromatic hydroxyl groups is 1. The van der Waals surface area contributed by atoms with Crippen molar-refractivity contribution in [2.75, 3.05) is 26.8 Å². The number of methoxy groups -OCH3 is 3. The van der Waals surface area contributed by atoms with Gasteiger partial charge in [0.2, 0.25) is 11.8 Å². The van der Waals surface area contributed by atoms with Crippen LogP contribution in [0.25, 0.3) is 0 Å². The molecule has 5 aliphatic rings. The van der Waals surface area contributed by atoms with Crippen LogP contribution in [-0.2, 0) is 24.6 Å². The number of hydrogen-bond acceptors (Lipinski definition) is 9. The first-order valence-corrected chi connectivity index (χ1v) is 19.1. The van der Waals surface area contributed by atoms with E-state index >= 15 is 9.59 Å². The van der Waals surface area contributed by atoms with Crippen molar-refractivity contribution in [2.24, 2.45) is 23.7 Å². The summed E-state index contributed by atoms with van der Waals surface area (Å²) in [6.07, 6.45) is 6.93. The van der Waals surface area contributed by atoms with Crippen molar-refractivity contribution < 1.29 is 38.5 Å². The van der Waals surface area contributed by atoms with E-state index in [2.05, 4.69) is 5.43 Å². The van der Waals surface area contributed by atoms with Gasteiger partial charge in [0, 0.05) is 34.7 Å². The second-order valence-electron chi connectivity index (χ2n) is 14.8. The Hall–Kier alpha value is -4.74. The van der Waals surface area contributed by atoms with Crippen LogP contribution in [0.2, 0.25) is 10.0 Å². The first-order valence-electron chi connectivity index (χ1n) is 18.3. The predicted octanol–water partition coefficient (Wildman–Crippen LogP) is 7.04. The molecule has 2 heterocycles. The van der Waals surface area contributed by atoms with Gasteiger partial charge in [-0.15, -0.1) is 0 Å². The number of imide groups is 2. The number of nitrogens with zero attached hydrogens (tertiary/aromatic N) is 2. The molecule has 4 amide bonds. The van der Waals surface area contributed by atoms with Crippen LogP contribution in [0.5, 0.6) is 23.0 Å². The number of amides is 4. The van der Waals surface area contributed by atoms with E-state index < -0.39 is 46.8 Å². The molecule has 13 heteroatoms. The number of hydrazine groups is 1. The number of likely N-dealkylation sites (tertiary alicyclic amines) is 1. The summed E-state index contributed by atoms with van der Waals surface area (Å²) in [4.78, 5) is 61.0. The van der Waals surface area contributed by atoms with Crippen molar-refractivity contribution in [3.05, 3.63) is 87.4 Å². The Morgan fingerprint density at radius 3 is 2.13 bits per heavy atom. The van der Waals surface area contributed by atoms with Crippen LogP contribution in [0.4, 0.5) is 5.69 Å². The van der Waals surface area contributed by atoms with Crippen LogP contribution in [0.15, 0.2) is 66.2 Å². The molecule has 2 aliphatic heterocycles. The quantitative estimate of drug-likeness (QED) is 0.183. The van der Waals surface area contributed by atoms with Gasteiger partial charge < -0.3 is 19.3 Å². The lowest BCUT2D eigenvalue weighted by atomic mass is 9.49. The first kappa shape index (κ1) is 36.2. The van der Waals surface area contributed by atoms with Gasteiger partial charge in [0.05, 0.1) is 55.2 Å². The van der Waals surface area contributed by atoms with E-state index in [9.17, 15) is 14.7 Å². The molecule has 54 heavy (non-hydrogen) atoms. The zero-order valence-corrected chi connectivity index (χ0v) is 31.7. The molecule has 2 saturated heterocycles. The van der Waals surface area contributed by atoms with Crippen LogP contribution in [0, 0.1) is 23.7 Å². The van der Waals surface area contributed by atoms with Gasteiger partial charge in [0.25, 0.3) is 11.8 Å². The van der Waals surface area contributed by atoms with Crippen molar-refractivity contribution in [1.82, 2.24) is 9.91 Å². The summed E-state index contributed by atoms with van der Waals surface area (Å²) in [5.74, 6) is -4.42. The third-order valence-electron chi connectivity index (χ3n) is 12.4. The van der Waals surface area contributed by atoms with Gasteiger partial charge >= 0.3 is 0 Å². The lowest BCUT2D eigenvalue weighted by Gasteiger charge is -2.51. The highest BCUT2D eigenvalue weighted by Crippen LogP contribution is 2.66. The molecule has 282 valence electrons. The molecule has 0 bridgehead atoms. The lowest BCUT2D eigenvalue weighted by Crippen LogP contribution is -2.53. The van der Waals surface area contributed by atoms with E-state index in [1.807, 2.05) is 6.08 Å².